The quantitative estimate of drug-likeness (QED) is 0.701. The summed E-state index contributed by atoms with van der Waals surface area (Å²) in [6.45, 7) is 13.4. The van der Waals surface area contributed by atoms with Crippen LogP contribution in [-0.4, -0.2) is 31.1 Å². The van der Waals surface area contributed by atoms with Crippen molar-refractivity contribution in [3.05, 3.63) is 29.8 Å². The molecule has 0 bridgehead atoms. The van der Waals surface area contributed by atoms with E-state index in [0.717, 1.165) is 19.6 Å². The van der Waals surface area contributed by atoms with Gasteiger partial charge in [0, 0.05) is 12.2 Å². The standard InChI is InChI=1S/C16H28N2/c1-5-18(6-2)13-7-12-17-16-10-8-15(9-11-16)14(3)4/h8-11,14,17H,5-7,12-13H2,1-4H3. The summed E-state index contributed by atoms with van der Waals surface area (Å²) in [4.78, 5) is 2.46. The smallest absolute Gasteiger partial charge is 0.0340 e. The average molecular weight is 248 g/mol. The van der Waals surface area contributed by atoms with Crippen LogP contribution >= 0.6 is 0 Å². The molecule has 0 radical (unpaired) electrons. The first-order valence-electron chi connectivity index (χ1n) is 7.23. The minimum Gasteiger partial charge on any atom is -0.385 e. The molecule has 102 valence electrons. The van der Waals surface area contributed by atoms with Gasteiger partial charge in [0.1, 0.15) is 0 Å². The topological polar surface area (TPSA) is 15.3 Å². The number of hydrogen-bond acceptors (Lipinski definition) is 2. The van der Waals surface area contributed by atoms with Gasteiger partial charge in [-0.2, -0.15) is 0 Å². The Kier molecular flexibility index (Phi) is 6.81. The SMILES string of the molecule is CCN(CC)CCCNc1ccc(C(C)C)cc1. The van der Waals surface area contributed by atoms with Gasteiger partial charge in [0.2, 0.25) is 0 Å². The summed E-state index contributed by atoms with van der Waals surface area (Å²) in [5.41, 5.74) is 2.64. The summed E-state index contributed by atoms with van der Waals surface area (Å²) in [5, 5.41) is 3.49. The molecule has 1 aromatic rings. The molecule has 0 aliphatic carbocycles. The van der Waals surface area contributed by atoms with Crippen molar-refractivity contribution in [3.8, 4) is 0 Å². The molecule has 0 aromatic heterocycles. The van der Waals surface area contributed by atoms with Crippen molar-refractivity contribution in [2.24, 2.45) is 0 Å². The van der Waals surface area contributed by atoms with E-state index in [4.69, 9.17) is 0 Å². The molecule has 0 aliphatic heterocycles. The van der Waals surface area contributed by atoms with Gasteiger partial charge in [-0.3, -0.25) is 0 Å². The molecule has 0 saturated carbocycles. The molecular weight excluding hydrogens is 220 g/mol. The van der Waals surface area contributed by atoms with Gasteiger partial charge in [0.05, 0.1) is 0 Å². The maximum Gasteiger partial charge on any atom is 0.0340 e. The van der Waals surface area contributed by atoms with Crippen LogP contribution in [-0.2, 0) is 0 Å². The zero-order valence-corrected chi connectivity index (χ0v) is 12.4. The number of rotatable bonds is 8. The number of anilines is 1. The van der Waals surface area contributed by atoms with E-state index < -0.39 is 0 Å². The normalized spacial score (nSPS) is 11.2. The Hall–Kier alpha value is -1.02. The second-order valence-electron chi connectivity index (χ2n) is 5.08. The van der Waals surface area contributed by atoms with Crippen LogP contribution in [0.4, 0.5) is 5.69 Å². The van der Waals surface area contributed by atoms with Crippen LogP contribution in [0.3, 0.4) is 0 Å². The Labute approximate surface area is 112 Å². The third-order valence-corrected chi connectivity index (χ3v) is 3.45. The molecule has 1 rings (SSSR count). The fourth-order valence-corrected chi connectivity index (χ4v) is 2.06. The van der Waals surface area contributed by atoms with Gasteiger partial charge in [-0.05, 0) is 49.7 Å². The van der Waals surface area contributed by atoms with E-state index in [1.165, 1.54) is 24.2 Å². The molecule has 0 heterocycles. The summed E-state index contributed by atoms with van der Waals surface area (Å²) < 4.78 is 0. The van der Waals surface area contributed by atoms with Gasteiger partial charge >= 0.3 is 0 Å². The predicted molar refractivity (Wildman–Crippen MR) is 81.4 cm³/mol. The molecule has 0 spiro atoms. The third-order valence-electron chi connectivity index (χ3n) is 3.45. The highest BCUT2D eigenvalue weighted by molar-refractivity contribution is 5.44. The molecule has 1 N–H and O–H groups in total. The lowest BCUT2D eigenvalue weighted by atomic mass is 10.0. The minimum atomic E-state index is 0.613. The highest BCUT2D eigenvalue weighted by Gasteiger charge is 2.00. The van der Waals surface area contributed by atoms with E-state index in [-0.39, 0.29) is 0 Å². The molecule has 0 saturated heterocycles. The largest absolute Gasteiger partial charge is 0.385 e. The van der Waals surface area contributed by atoms with E-state index in [1.54, 1.807) is 0 Å². The maximum atomic E-state index is 3.49. The predicted octanol–water partition coefficient (Wildman–Crippen LogP) is 3.95. The number of hydrogen-bond donors (Lipinski definition) is 1. The zero-order valence-electron chi connectivity index (χ0n) is 12.4. The van der Waals surface area contributed by atoms with Crippen molar-refractivity contribution in [2.75, 3.05) is 31.5 Å². The third kappa shape index (κ3) is 5.09. The summed E-state index contributed by atoms with van der Waals surface area (Å²) in [5.74, 6) is 0.613. The Morgan fingerprint density at radius 3 is 2.17 bits per heavy atom. The van der Waals surface area contributed by atoms with Crippen molar-refractivity contribution < 1.29 is 0 Å². The van der Waals surface area contributed by atoms with Gasteiger partial charge in [0.25, 0.3) is 0 Å². The molecule has 0 fully saturated rings. The van der Waals surface area contributed by atoms with Crippen molar-refractivity contribution >= 4 is 5.69 Å². The van der Waals surface area contributed by atoms with Crippen molar-refractivity contribution in [3.63, 3.8) is 0 Å². The fourth-order valence-electron chi connectivity index (χ4n) is 2.06. The Morgan fingerprint density at radius 2 is 1.67 bits per heavy atom. The molecule has 0 unspecified atom stereocenters. The fraction of sp³-hybridized carbons (Fsp3) is 0.625. The molecule has 0 aliphatic rings. The van der Waals surface area contributed by atoms with Crippen LogP contribution in [0.15, 0.2) is 24.3 Å². The van der Waals surface area contributed by atoms with Crippen molar-refractivity contribution in [2.45, 2.75) is 40.0 Å². The second kappa shape index (κ2) is 8.15. The summed E-state index contributed by atoms with van der Waals surface area (Å²) in [7, 11) is 0. The van der Waals surface area contributed by atoms with E-state index in [1.807, 2.05) is 0 Å². The molecule has 0 atom stereocenters. The lowest BCUT2D eigenvalue weighted by Crippen LogP contribution is -2.25. The Balaban J connectivity index is 2.27. The van der Waals surface area contributed by atoms with Gasteiger partial charge in [-0.25, -0.2) is 0 Å². The molecule has 1 aromatic carbocycles. The molecule has 18 heavy (non-hydrogen) atoms. The lowest BCUT2D eigenvalue weighted by molar-refractivity contribution is 0.303. The summed E-state index contributed by atoms with van der Waals surface area (Å²) >= 11 is 0. The lowest BCUT2D eigenvalue weighted by Gasteiger charge is -2.18. The molecule has 0 amide bonds. The number of nitrogens with zero attached hydrogens (tertiary/aromatic N) is 1. The monoisotopic (exact) mass is 248 g/mol. The average Bonchev–Trinajstić information content (AvgIpc) is 2.39. The number of benzene rings is 1. The first-order chi connectivity index (χ1) is 8.67. The maximum absolute atomic E-state index is 3.49. The van der Waals surface area contributed by atoms with Gasteiger partial charge in [0.15, 0.2) is 0 Å². The molecule has 2 heteroatoms. The van der Waals surface area contributed by atoms with Crippen LogP contribution in [0.25, 0.3) is 0 Å². The van der Waals surface area contributed by atoms with E-state index in [9.17, 15) is 0 Å². The van der Waals surface area contributed by atoms with Crippen molar-refractivity contribution in [1.82, 2.24) is 4.90 Å². The summed E-state index contributed by atoms with van der Waals surface area (Å²) in [6, 6.07) is 8.81. The van der Waals surface area contributed by atoms with Crippen LogP contribution in [0, 0.1) is 0 Å². The second-order valence-corrected chi connectivity index (χ2v) is 5.08. The number of nitrogens with one attached hydrogen (secondary N) is 1. The first kappa shape index (κ1) is 15.0. The highest BCUT2D eigenvalue weighted by Crippen LogP contribution is 2.16. The zero-order chi connectivity index (χ0) is 13.4. The van der Waals surface area contributed by atoms with E-state index in [0.29, 0.717) is 5.92 Å². The Bertz CT molecular complexity index is 312. The van der Waals surface area contributed by atoms with Gasteiger partial charge in [-0.1, -0.05) is 39.8 Å². The van der Waals surface area contributed by atoms with Crippen LogP contribution in [0.2, 0.25) is 0 Å². The molecular formula is C16H28N2. The van der Waals surface area contributed by atoms with E-state index >= 15 is 0 Å². The van der Waals surface area contributed by atoms with Crippen LogP contribution in [0.5, 0.6) is 0 Å². The first-order valence-corrected chi connectivity index (χ1v) is 7.23. The van der Waals surface area contributed by atoms with Crippen molar-refractivity contribution in [1.29, 1.82) is 0 Å². The highest BCUT2D eigenvalue weighted by atomic mass is 15.1. The van der Waals surface area contributed by atoms with Crippen LogP contribution in [0.1, 0.15) is 45.6 Å². The van der Waals surface area contributed by atoms with Gasteiger partial charge in [-0.15, -0.1) is 0 Å². The van der Waals surface area contributed by atoms with Crippen LogP contribution < -0.4 is 5.32 Å². The minimum absolute atomic E-state index is 0.613. The summed E-state index contributed by atoms with van der Waals surface area (Å²) in [6.07, 6.45) is 1.20. The van der Waals surface area contributed by atoms with E-state index in [2.05, 4.69) is 62.2 Å². The Morgan fingerprint density at radius 1 is 1.06 bits per heavy atom. The van der Waals surface area contributed by atoms with Gasteiger partial charge < -0.3 is 10.2 Å². The molecule has 2 nitrogen and oxygen atoms in total.